The van der Waals surface area contributed by atoms with Gasteiger partial charge in [0.05, 0.1) is 6.54 Å². The molecule has 0 amide bonds. The number of aryl methyl sites for hydroxylation is 1. The van der Waals surface area contributed by atoms with Gasteiger partial charge in [0.25, 0.3) is 0 Å². The van der Waals surface area contributed by atoms with E-state index in [0.29, 0.717) is 5.41 Å². The molecule has 0 saturated heterocycles. The van der Waals surface area contributed by atoms with Crippen LogP contribution < -0.4 is 10.6 Å². The van der Waals surface area contributed by atoms with Crippen molar-refractivity contribution in [3.05, 3.63) is 35.4 Å². The molecule has 0 aromatic heterocycles. The van der Waals surface area contributed by atoms with E-state index in [2.05, 4.69) is 48.7 Å². The van der Waals surface area contributed by atoms with Gasteiger partial charge in [-0.2, -0.15) is 0 Å². The lowest BCUT2D eigenvalue weighted by Gasteiger charge is -2.42. The van der Waals surface area contributed by atoms with Crippen molar-refractivity contribution in [1.82, 2.24) is 10.6 Å². The minimum atomic E-state index is 0.396. The average molecular weight is 332 g/mol. The molecule has 1 aromatic rings. The smallest absolute Gasteiger partial charge is 0.191 e. The van der Waals surface area contributed by atoms with E-state index in [0.717, 1.165) is 45.0 Å². The van der Waals surface area contributed by atoms with E-state index in [4.69, 9.17) is 9.73 Å². The third-order valence-corrected chi connectivity index (χ3v) is 5.13. The molecule has 0 atom stereocenters. The maximum absolute atomic E-state index is 5.28. The Hall–Kier alpha value is -1.55. The number of rotatable bonds is 9. The number of nitrogens with zero attached hydrogens (tertiary/aromatic N) is 1. The van der Waals surface area contributed by atoms with Crippen LogP contribution in [-0.2, 0) is 17.7 Å². The van der Waals surface area contributed by atoms with Crippen LogP contribution in [0.2, 0.25) is 0 Å². The lowest BCUT2D eigenvalue weighted by molar-refractivity contribution is 0.0732. The molecular weight excluding hydrogens is 298 g/mol. The van der Waals surface area contributed by atoms with Crippen molar-refractivity contribution in [3.8, 4) is 0 Å². The highest BCUT2D eigenvalue weighted by Crippen LogP contribution is 2.43. The van der Waals surface area contributed by atoms with Crippen LogP contribution in [0.3, 0.4) is 0 Å². The summed E-state index contributed by atoms with van der Waals surface area (Å²) in [6.07, 6.45) is 6.11. The molecule has 1 aromatic carbocycles. The second kappa shape index (κ2) is 9.67. The number of benzene rings is 1. The molecule has 134 valence electrons. The first kappa shape index (κ1) is 18.8. The van der Waals surface area contributed by atoms with Crippen LogP contribution in [0, 0.1) is 5.41 Å². The van der Waals surface area contributed by atoms with Gasteiger partial charge in [-0.15, -0.1) is 0 Å². The normalized spacial score (nSPS) is 16.5. The van der Waals surface area contributed by atoms with Crippen LogP contribution in [0.1, 0.15) is 50.7 Å². The zero-order valence-electron chi connectivity index (χ0n) is 15.5. The monoisotopic (exact) mass is 331 g/mol. The molecule has 1 aliphatic carbocycles. The van der Waals surface area contributed by atoms with Gasteiger partial charge in [0, 0.05) is 26.8 Å². The Bertz CT molecular complexity index is 523. The maximum Gasteiger partial charge on any atom is 0.191 e. The van der Waals surface area contributed by atoms with Crippen molar-refractivity contribution >= 4 is 5.96 Å². The SMILES string of the molecule is CCNC(=NCc1ccccc1CC)NCC1(CCOC)CCC1. The fourth-order valence-corrected chi connectivity index (χ4v) is 3.34. The highest BCUT2D eigenvalue weighted by Gasteiger charge is 2.36. The van der Waals surface area contributed by atoms with Crippen molar-refractivity contribution in [2.24, 2.45) is 10.4 Å². The van der Waals surface area contributed by atoms with Crippen molar-refractivity contribution in [2.45, 2.75) is 52.5 Å². The number of hydrogen-bond donors (Lipinski definition) is 2. The summed E-state index contributed by atoms with van der Waals surface area (Å²) in [5.74, 6) is 0.923. The summed E-state index contributed by atoms with van der Waals surface area (Å²) < 4.78 is 5.28. The lowest BCUT2D eigenvalue weighted by atomic mass is 9.67. The lowest BCUT2D eigenvalue weighted by Crippen LogP contribution is -2.47. The van der Waals surface area contributed by atoms with Crippen molar-refractivity contribution in [1.29, 1.82) is 0 Å². The highest BCUT2D eigenvalue weighted by atomic mass is 16.5. The molecule has 4 nitrogen and oxygen atoms in total. The molecule has 1 saturated carbocycles. The van der Waals surface area contributed by atoms with Gasteiger partial charge in [-0.05, 0) is 49.1 Å². The van der Waals surface area contributed by atoms with E-state index < -0.39 is 0 Å². The average Bonchev–Trinajstić information content (AvgIpc) is 2.58. The van der Waals surface area contributed by atoms with E-state index in [1.165, 1.54) is 30.4 Å². The topological polar surface area (TPSA) is 45.7 Å². The van der Waals surface area contributed by atoms with Gasteiger partial charge in [0.1, 0.15) is 0 Å². The summed E-state index contributed by atoms with van der Waals surface area (Å²) in [5, 5.41) is 6.94. The third-order valence-electron chi connectivity index (χ3n) is 5.13. The molecule has 2 N–H and O–H groups in total. The Kier molecular flexibility index (Phi) is 7.57. The first-order valence-electron chi connectivity index (χ1n) is 9.31. The van der Waals surface area contributed by atoms with Gasteiger partial charge in [0.2, 0.25) is 0 Å². The molecular formula is C20H33N3O. The molecule has 0 heterocycles. The Morgan fingerprint density at radius 3 is 2.50 bits per heavy atom. The second-order valence-corrected chi connectivity index (χ2v) is 6.77. The maximum atomic E-state index is 5.28. The summed E-state index contributed by atoms with van der Waals surface area (Å²) in [4.78, 5) is 4.80. The van der Waals surface area contributed by atoms with Crippen molar-refractivity contribution in [2.75, 3.05) is 26.8 Å². The number of methoxy groups -OCH3 is 1. The molecule has 0 radical (unpaired) electrons. The predicted octanol–water partition coefficient (Wildman–Crippen LogP) is 3.51. The molecule has 24 heavy (non-hydrogen) atoms. The third kappa shape index (κ3) is 5.23. The fraction of sp³-hybridized carbons (Fsp3) is 0.650. The molecule has 0 spiro atoms. The van der Waals surface area contributed by atoms with Crippen LogP contribution in [0.4, 0.5) is 0 Å². The molecule has 2 rings (SSSR count). The van der Waals surface area contributed by atoms with Crippen LogP contribution in [0.15, 0.2) is 29.3 Å². The summed E-state index contributed by atoms with van der Waals surface area (Å²) >= 11 is 0. The van der Waals surface area contributed by atoms with Gasteiger partial charge in [-0.3, -0.25) is 0 Å². The van der Waals surface area contributed by atoms with E-state index in [1.807, 2.05) is 0 Å². The first-order chi connectivity index (χ1) is 11.7. The van der Waals surface area contributed by atoms with Crippen LogP contribution in [0.5, 0.6) is 0 Å². The zero-order chi connectivity index (χ0) is 17.3. The quantitative estimate of drug-likeness (QED) is 0.538. The minimum absolute atomic E-state index is 0.396. The highest BCUT2D eigenvalue weighted by molar-refractivity contribution is 5.79. The Morgan fingerprint density at radius 1 is 1.17 bits per heavy atom. The molecule has 0 unspecified atom stereocenters. The number of guanidine groups is 1. The molecule has 0 bridgehead atoms. The zero-order valence-corrected chi connectivity index (χ0v) is 15.5. The summed E-state index contributed by atoms with van der Waals surface area (Å²) in [5.41, 5.74) is 3.09. The predicted molar refractivity (Wildman–Crippen MR) is 101 cm³/mol. The van der Waals surface area contributed by atoms with Gasteiger partial charge in [0.15, 0.2) is 5.96 Å². The van der Waals surface area contributed by atoms with Gasteiger partial charge in [-0.25, -0.2) is 4.99 Å². The molecule has 1 aliphatic rings. The van der Waals surface area contributed by atoms with E-state index >= 15 is 0 Å². The fourth-order valence-electron chi connectivity index (χ4n) is 3.34. The number of aliphatic imine (C=N–C) groups is 1. The second-order valence-electron chi connectivity index (χ2n) is 6.77. The Morgan fingerprint density at radius 2 is 1.92 bits per heavy atom. The molecule has 1 fully saturated rings. The van der Waals surface area contributed by atoms with E-state index in [1.54, 1.807) is 7.11 Å². The summed E-state index contributed by atoms with van der Waals surface area (Å²) in [6.45, 7) is 7.75. The standard InChI is InChI=1S/C20H33N3O/c1-4-17-9-6-7-10-18(17)15-22-19(21-5-2)23-16-20(11-8-12-20)13-14-24-3/h6-7,9-10H,4-5,8,11-16H2,1-3H3,(H2,21,22,23). The molecule has 4 heteroatoms. The van der Waals surface area contributed by atoms with Crippen molar-refractivity contribution in [3.63, 3.8) is 0 Å². The Balaban J connectivity index is 1.95. The van der Waals surface area contributed by atoms with Crippen LogP contribution >= 0.6 is 0 Å². The van der Waals surface area contributed by atoms with Crippen molar-refractivity contribution < 1.29 is 4.74 Å². The van der Waals surface area contributed by atoms with Gasteiger partial charge in [-0.1, -0.05) is 37.6 Å². The Labute approximate surface area is 147 Å². The first-order valence-corrected chi connectivity index (χ1v) is 9.31. The molecule has 0 aliphatic heterocycles. The van der Waals surface area contributed by atoms with Crippen LogP contribution in [-0.4, -0.2) is 32.8 Å². The summed E-state index contributed by atoms with van der Waals surface area (Å²) in [7, 11) is 1.79. The van der Waals surface area contributed by atoms with Crippen LogP contribution in [0.25, 0.3) is 0 Å². The summed E-state index contributed by atoms with van der Waals surface area (Å²) in [6, 6.07) is 8.57. The number of ether oxygens (including phenoxy) is 1. The number of nitrogens with one attached hydrogen (secondary N) is 2. The van der Waals surface area contributed by atoms with E-state index in [9.17, 15) is 0 Å². The van der Waals surface area contributed by atoms with E-state index in [-0.39, 0.29) is 0 Å². The largest absolute Gasteiger partial charge is 0.385 e. The minimum Gasteiger partial charge on any atom is -0.385 e. The number of hydrogen-bond acceptors (Lipinski definition) is 2. The van der Waals surface area contributed by atoms with Gasteiger partial charge < -0.3 is 15.4 Å². The van der Waals surface area contributed by atoms with Gasteiger partial charge >= 0.3 is 0 Å².